The minimum absolute atomic E-state index is 0.103. The minimum atomic E-state index is -4.39. The molecule has 0 fully saturated rings. The molecule has 0 aliphatic rings. The van der Waals surface area contributed by atoms with Crippen LogP contribution in [0.15, 0.2) is 33.3 Å². The number of benzene rings is 1. The van der Waals surface area contributed by atoms with Crippen LogP contribution in [-0.2, 0) is 6.18 Å². The Morgan fingerprint density at radius 2 is 2.10 bits per heavy atom. The lowest BCUT2D eigenvalue weighted by Crippen LogP contribution is -2.17. The molecule has 1 unspecified atom stereocenters. The third kappa shape index (κ3) is 3.65. The summed E-state index contributed by atoms with van der Waals surface area (Å²) in [6.07, 6.45) is -2.96. The van der Waals surface area contributed by atoms with Crippen molar-refractivity contribution in [2.24, 2.45) is 0 Å². The van der Waals surface area contributed by atoms with Gasteiger partial charge in [-0.15, -0.1) is 0 Å². The fourth-order valence-electron chi connectivity index (χ4n) is 1.90. The van der Waals surface area contributed by atoms with Gasteiger partial charge in [0, 0.05) is 10.0 Å². The van der Waals surface area contributed by atoms with Gasteiger partial charge in [-0.05, 0) is 31.7 Å². The van der Waals surface area contributed by atoms with Crippen LogP contribution in [0, 0.1) is 0 Å². The van der Waals surface area contributed by atoms with E-state index in [9.17, 15) is 13.2 Å². The zero-order valence-corrected chi connectivity index (χ0v) is 13.0. The second kappa shape index (κ2) is 6.19. The molecule has 0 radical (unpaired) electrons. The number of aromatic nitrogens is 1. The summed E-state index contributed by atoms with van der Waals surface area (Å²) in [6.45, 7) is 4.57. The Labute approximate surface area is 128 Å². The highest BCUT2D eigenvalue weighted by Gasteiger charge is 2.31. The molecule has 2 aromatic rings. The first-order valence-electron chi connectivity index (χ1n) is 6.39. The summed E-state index contributed by atoms with van der Waals surface area (Å²) < 4.78 is 44.4. The number of nitrogens with one attached hydrogen (secondary N) is 1. The van der Waals surface area contributed by atoms with Crippen LogP contribution in [0.3, 0.4) is 0 Å². The van der Waals surface area contributed by atoms with Crippen molar-refractivity contribution < 1.29 is 17.6 Å². The zero-order valence-electron chi connectivity index (χ0n) is 11.5. The van der Waals surface area contributed by atoms with Crippen molar-refractivity contribution in [2.75, 3.05) is 6.54 Å². The van der Waals surface area contributed by atoms with Crippen molar-refractivity contribution >= 4 is 15.9 Å². The van der Waals surface area contributed by atoms with Crippen LogP contribution in [0.4, 0.5) is 13.2 Å². The molecule has 3 nitrogen and oxygen atoms in total. The van der Waals surface area contributed by atoms with Gasteiger partial charge in [0.1, 0.15) is 0 Å². The molecular weight excluding hydrogens is 349 g/mol. The molecule has 0 amide bonds. The average Bonchev–Trinajstić information content (AvgIpc) is 2.87. The molecule has 0 spiro atoms. The molecule has 0 aliphatic carbocycles. The van der Waals surface area contributed by atoms with Crippen molar-refractivity contribution in [3.63, 3.8) is 0 Å². The molecule has 0 saturated carbocycles. The predicted octanol–water partition coefficient (Wildman–Crippen LogP) is 4.79. The molecule has 1 heterocycles. The van der Waals surface area contributed by atoms with Crippen molar-refractivity contribution in [3.8, 4) is 11.3 Å². The molecule has 2 rings (SSSR count). The Balaban J connectivity index is 2.38. The highest BCUT2D eigenvalue weighted by Crippen LogP contribution is 2.36. The number of hydrogen-bond donors (Lipinski definition) is 1. The highest BCUT2D eigenvalue weighted by molar-refractivity contribution is 9.10. The monoisotopic (exact) mass is 362 g/mol. The molecule has 0 aliphatic heterocycles. The van der Waals surface area contributed by atoms with Gasteiger partial charge in [0.2, 0.25) is 5.89 Å². The SMILES string of the molecule is CCNC(C)c1ncc(-c2cc(C(F)(F)F)ccc2Br)o1. The Hall–Kier alpha value is -1.34. The maximum Gasteiger partial charge on any atom is 0.416 e. The van der Waals surface area contributed by atoms with E-state index >= 15 is 0 Å². The van der Waals surface area contributed by atoms with Gasteiger partial charge >= 0.3 is 6.18 Å². The summed E-state index contributed by atoms with van der Waals surface area (Å²) in [5.74, 6) is 0.740. The van der Waals surface area contributed by atoms with E-state index in [4.69, 9.17) is 4.42 Å². The van der Waals surface area contributed by atoms with Crippen LogP contribution in [-0.4, -0.2) is 11.5 Å². The molecule has 114 valence electrons. The lowest BCUT2D eigenvalue weighted by Gasteiger charge is -2.09. The third-order valence-electron chi connectivity index (χ3n) is 2.96. The number of nitrogens with zero attached hydrogens (tertiary/aromatic N) is 1. The maximum atomic E-state index is 12.8. The van der Waals surface area contributed by atoms with Crippen LogP contribution >= 0.6 is 15.9 Å². The molecule has 1 aromatic heterocycles. The fourth-order valence-corrected chi connectivity index (χ4v) is 2.34. The first-order valence-corrected chi connectivity index (χ1v) is 7.18. The summed E-state index contributed by atoms with van der Waals surface area (Å²) >= 11 is 3.24. The van der Waals surface area contributed by atoms with E-state index in [0.29, 0.717) is 21.7 Å². The summed E-state index contributed by atoms with van der Waals surface area (Å²) in [7, 11) is 0. The summed E-state index contributed by atoms with van der Waals surface area (Å²) in [5, 5.41) is 3.13. The van der Waals surface area contributed by atoms with Crippen LogP contribution in [0.5, 0.6) is 0 Å². The molecule has 21 heavy (non-hydrogen) atoms. The standard InChI is InChI=1S/C14H14BrF3N2O/c1-3-19-8(2)13-20-7-12(21-13)10-6-9(14(16,17)18)4-5-11(10)15/h4-8,19H,3H2,1-2H3. The van der Waals surface area contributed by atoms with Gasteiger partial charge < -0.3 is 9.73 Å². The minimum Gasteiger partial charge on any atom is -0.439 e. The van der Waals surface area contributed by atoms with E-state index in [0.717, 1.165) is 18.7 Å². The van der Waals surface area contributed by atoms with E-state index in [1.807, 2.05) is 13.8 Å². The van der Waals surface area contributed by atoms with Crippen molar-refractivity contribution in [1.82, 2.24) is 10.3 Å². The van der Waals surface area contributed by atoms with E-state index < -0.39 is 11.7 Å². The van der Waals surface area contributed by atoms with E-state index in [1.54, 1.807) is 0 Å². The molecule has 7 heteroatoms. The largest absolute Gasteiger partial charge is 0.439 e. The first-order chi connectivity index (χ1) is 9.82. The zero-order chi connectivity index (χ0) is 15.6. The topological polar surface area (TPSA) is 38.1 Å². The lowest BCUT2D eigenvalue weighted by molar-refractivity contribution is -0.137. The first kappa shape index (κ1) is 16.0. The van der Waals surface area contributed by atoms with Gasteiger partial charge in [-0.25, -0.2) is 4.98 Å². The molecular formula is C14H14BrF3N2O. The number of alkyl halides is 3. The quantitative estimate of drug-likeness (QED) is 0.849. The van der Waals surface area contributed by atoms with Crippen LogP contribution in [0.2, 0.25) is 0 Å². The molecule has 0 saturated heterocycles. The van der Waals surface area contributed by atoms with Crippen LogP contribution in [0.25, 0.3) is 11.3 Å². The van der Waals surface area contributed by atoms with Gasteiger partial charge in [0.15, 0.2) is 5.76 Å². The Bertz CT molecular complexity index is 625. The number of rotatable bonds is 4. The molecule has 0 bridgehead atoms. The van der Waals surface area contributed by atoms with Gasteiger partial charge in [-0.3, -0.25) is 0 Å². The maximum absolute atomic E-state index is 12.8. The third-order valence-corrected chi connectivity index (χ3v) is 3.65. The smallest absolute Gasteiger partial charge is 0.416 e. The summed E-state index contributed by atoms with van der Waals surface area (Å²) in [4.78, 5) is 4.11. The van der Waals surface area contributed by atoms with Crippen LogP contribution < -0.4 is 5.32 Å². The number of hydrogen-bond acceptors (Lipinski definition) is 3. The average molecular weight is 363 g/mol. The molecule has 1 atom stereocenters. The fraction of sp³-hybridized carbons (Fsp3) is 0.357. The van der Waals surface area contributed by atoms with E-state index in [1.165, 1.54) is 12.3 Å². The van der Waals surface area contributed by atoms with E-state index in [-0.39, 0.29) is 6.04 Å². The normalized spacial score (nSPS) is 13.4. The van der Waals surface area contributed by atoms with Gasteiger partial charge in [-0.1, -0.05) is 22.9 Å². The number of halogens is 4. The van der Waals surface area contributed by atoms with Gasteiger partial charge in [-0.2, -0.15) is 13.2 Å². The van der Waals surface area contributed by atoms with E-state index in [2.05, 4.69) is 26.2 Å². The van der Waals surface area contributed by atoms with Crippen molar-refractivity contribution in [2.45, 2.75) is 26.1 Å². The van der Waals surface area contributed by atoms with Gasteiger partial charge in [0.05, 0.1) is 17.8 Å². The van der Waals surface area contributed by atoms with Gasteiger partial charge in [0.25, 0.3) is 0 Å². The van der Waals surface area contributed by atoms with Crippen molar-refractivity contribution in [3.05, 3.63) is 40.3 Å². The van der Waals surface area contributed by atoms with Crippen LogP contribution in [0.1, 0.15) is 31.3 Å². The number of oxazole rings is 1. The molecule has 1 N–H and O–H groups in total. The Kier molecular flexibility index (Phi) is 4.73. The van der Waals surface area contributed by atoms with Crippen molar-refractivity contribution in [1.29, 1.82) is 0 Å². The summed E-state index contributed by atoms with van der Waals surface area (Å²) in [5.41, 5.74) is -0.398. The highest BCUT2D eigenvalue weighted by atomic mass is 79.9. The molecule has 1 aromatic carbocycles. The Morgan fingerprint density at radius 3 is 2.71 bits per heavy atom. The predicted molar refractivity (Wildman–Crippen MR) is 76.7 cm³/mol. The Morgan fingerprint density at radius 1 is 1.38 bits per heavy atom. The summed E-state index contributed by atoms with van der Waals surface area (Å²) in [6, 6.07) is 3.32. The second-order valence-corrected chi connectivity index (χ2v) is 5.39. The second-order valence-electron chi connectivity index (χ2n) is 4.53. The lowest BCUT2D eigenvalue weighted by atomic mass is 10.1.